The molecule has 2 heterocycles. The lowest BCUT2D eigenvalue weighted by Gasteiger charge is -2.27. The van der Waals surface area contributed by atoms with Gasteiger partial charge in [-0.25, -0.2) is 0 Å². The fourth-order valence-corrected chi connectivity index (χ4v) is 2.17. The van der Waals surface area contributed by atoms with Gasteiger partial charge in [-0.15, -0.1) is 0 Å². The van der Waals surface area contributed by atoms with Gasteiger partial charge in [-0.05, 0) is 6.42 Å². The molecule has 2 amide bonds. The first kappa shape index (κ1) is 9.45. The molecule has 2 unspecified atom stereocenters. The van der Waals surface area contributed by atoms with Crippen molar-refractivity contribution in [1.29, 1.82) is 0 Å². The van der Waals surface area contributed by atoms with Crippen LogP contribution in [0.2, 0.25) is 0 Å². The molecule has 2 aliphatic heterocycles. The first-order chi connectivity index (χ1) is 6.66. The molecule has 0 aromatic rings. The van der Waals surface area contributed by atoms with Crippen molar-refractivity contribution in [2.75, 3.05) is 19.6 Å². The van der Waals surface area contributed by atoms with E-state index in [1.165, 1.54) is 6.92 Å². The third kappa shape index (κ3) is 1.72. The van der Waals surface area contributed by atoms with Gasteiger partial charge in [-0.3, -0.25) is 9.59 Å². The summed E-state index contributed by atoms with van der Waals surface area (Å²) in [5.74, 6) is -0.116. The summed E-state index contributed by atoms with van der Waals surface area (Å²) < 4.78 is 0. The molecule has 2 rings (SSSR count). The van der Waals surface area contributed by atoms with E-state index in [1.54, 1.807) is 0 Å². The second-order valence-corrected chi connectivity index (χ2v) is 3.95. The highest BCUT2D eigenvalue weighted by Gasteiger charge is 2.39. The van der Waals surface area contributed by atoms with Gasteiger partial charge in [0.25, 0.3) is 0 Å². The van der Waals surface area contributed by atoms with Crippen LogP contribution in [0, 0.1) is 0 Å². The fraction of sp³-hybridized carbons (Fsp3) is 0.778. The van der Waals surface area contributed by atoms with Gasteiger partial charge in [0.05, 0.1) is 6.54 Å². The SMILES string of the molecule is CC(=O)NCC(=O)N1CC2CC1CN2. The minimum absolute atomic E-state index is 0.0363. The van der Waals surface area contributed by atoms with E-state index in [2.05, 4.69) is 10.6 Å². The summed E-state index contributed by atoms with van der Waals surface area (Å²) in [6.45, 7) is 3.25. The van der Waals surface area contributed by atoms with Crippen LogP contribution in [-0.2, 0) is 9.59 Å². The van der Waals surface area contributed by atoms with Crippen LogP contribution in [0.15, 0.2) is 0 Å². The average molecular weight is 197 g/mol. The third-order valence-electron chi connectivity index (χ3n) is 2.87. The highest BCUT2D eigenvalue weighted by molar-refractivity contribution is 5.84. The minimum Gasteiger partial charge on any atom is -0.347 e. The van der Waals surface area contributed by atoms with Gasteiger partial charge in [-0.2, -0.15) is 0 Å². The molecule has 0 spiro atoms. The zero-order valence-electron chi connectivity index (χ0n) is 8.25. The Bertz CT molecular complexity index is 267. The predicted octanol–water partition coefficient (Wildman–Crippen LogP) is -1.30. The van der Waals surface area contributed by atoms with E-state index in [0.717, 1.165) is 19.5 Å². The van der Waals surface area contributed by atoms with Crippen LogP contribution in [0.3, 0.4) is 0 Å². The number of hydrogen-bond donors (Lipinski definition) is 2. The highest BCUT2D eigenvalue weighted by Crippen LogP contribution is 2.22. The van der Waals surface area contributed by atoms with E-state index in [-0.39, 0.29) is 18.4 Å². The molecule has 2 atom stereocenters. The number of carbonyl (C=O) groups is 2. The van der Waals surface area contributed by atoms with E-state index >= 15 is 0 Å². The molecule has 14 heavy (non-hydrogen) atoms. The largest absolute Gasteiger partial charge is 0.347 e. The van der Waals surface area contributed by atoms with Gasteiger partial charge < -0.3 is 15.5 Å². The van der Waals surface area contributed by atoms with Crippen molar-refractivity contribution >= 4 is 11.8 Å². The summed E-state index contributed by atoms with van der Waals surface area (Å²) in [5.41, 5.74) is 0. The molecule has 5 heteroatoms. The van der Waals surface area contributed by atoms with Crippen LogP contribution in [-0.4, -0.2) is 48.4 Å². The third-order valence-corrected chi connectivity index (χ3v) is 2.87. The predicted molar refractivity (Wildman–Crippen MR) is 50.6 cm³/mol. The topological polar surface area (TPSA) is 61.4 Å². The Kier molecular flexibility index (Phi) is 2.41. The summed E-state index contributed by atoms with van der Waals surface area (Å²) in [5, 5.41) is 5.86. The lowest BCUT2D eigenvalue weighted by Crippen LogP contribution is -2.49. The Morgan fingerprint density at radius 1 is 1.57 bits per heavy atom. The van der Waals surface area contributed by atoms with Gasteiger partial charge in [0.2, 0.25) is 11.8 Å². The van der Waals surface area contributed by atoms with Crippen molar-refractivity contribution in [3.63, 3.8) is 0 Å². The molecule has 2 N–H and O–H groups in total. The molecule has 2 fully saturated rings. The summed E-state index contributed by atoms with van der Waals surface area (Å²) in [4.78, 5) is 24.1. The first-order valence-electron chi connectivity index (χ1n) is 4.94. The second-order valence-electron chi connectivity index (χ2n) is 3.95. The summed E-state index contributed by atoms with van der Waals surface area (Å²) in [6.07, 6.45) is 1.06. The normalized spacial score (nSPS) is 29.4. The van der Waals surface area contributed by atoms with E-state index in [1.807, 2.05) is 4.90 Å². The molecule has 2 aliphatic rings. The van der Waals surface area contributed by atoms with Gasteiger partial charge in [0.1, 0.15) is 0 Å². The molecule has 5 nitrogen and oxygen atoms in total. The zero-order valence-corrected chi connectivity index (χ0v) is 8.25. The molecule has 0 aromatic heterocycles. The average Bonchev–Trinajstić information content (AvgIpc) is 2.74. The van der Waals surface area contributed by atoms with Gasteiger partial charge in [-0.1, -0.05) is 0 Å². The van der Waals surface area contributed by atoms with Crippen LogP contribution in [0.1, 0.15) is 13.3 Å². The molecule has 0 radical (unpaired) electrons. The van der Waals surface area contributed by atoms with E-state index in [4.69, 9.17) is 0 Å². The quantitative estimate of drug-likeness (QED) is 0.578. The second kappa shape index (κ2) is 3.57. The number of rotatable bonds is 2. The number of fused-ring (bicyclic) bond motifs is 2. The summed E-state index contributed by atoms with van der Waals surface area (Å²) in [6, 6.07) is 0.822. The maximum atomic E-state index is 11.6. The monoisotopic (exact) mass is 197 g/mol. The number of amides is 2. The van der Waals surface area contributed by atoms with Gasteiger partial charge >= 0.3 is 0 Å². The smallest absolute Gasteiger partial charge is 0.242 e. The molecule has 0 aliphatic carbocycles. The maximum absolute atomic E-state index is 11.6. The van der Waals surface area contributed by atoms with Crippen molar-refractivity contribution in [3.05, 3.63) is 0 Å². The number of likely N-dealkylation sites (tertiary alicyclic amines) is 1. The Balaban J connectivity index is 1.84. The number of hydrogen-bond acceptors (Lipinski definition) is 3. The van der Waals surface area contributed by atoms with Crippen LogP contribution in [0.25, 0.3) is 0 Å². The van der Waals surface area contributed by atoms with E-state index in [0.29, 0.717) is 12.1 Å². The lowest BCUT2D eigenvalue weighted by atomic mass is 10.2. The number of piperazine rings is 1. The standard InChI is InChI=1S/C9H15N3O2/c1-6(13)10-4-9(14)12-5-7-2-8(12)3-11-7/h7-8,11H,2-5H2,1H3,(H,10,13). The van der Waals surface area contributed by atoms with E-state index < -0.39 is 0 Å². The Morgan fingerprint density at radius 2 is 2.36 bits per heavy atom. The van der Waals surface area contributed by atoms with Crippen LogP contribution in [0.4, 0.5) is 0 Å². The summed E-state index contributed by atoms with van der Waals surface area (Å²) in [7, 11) is 0. The Hall–Kier alpha value is -1.10. The molecule has 0 aromatic carbocycles. The Labute approximate surface area is 82.8 Å². The van der Waals surface area contributed by atoms with Crippen molar-refractivity contribution in [2.24, 2.45) is 0 Å². The molecule has 2 saturated heterocycles. The first-order valence-corrected chi connectivity index (χ1v) is 4.94. The molecular weight excluding hydrogens is 182 g/mol. The lowest BCUT2D eigenvalue weighted by molar-refractivity contribution is -0.133. The van der Waals surface area contributed by atoms with Crippen molar-refractivity contribution in [3.8, 4) is 0 Å². The van der Waals surface area contributed by atoms with Crippen LogP contribution < -0.4 is 10.6 Å². The molecule has 2 bridgehead atoms. The minimum atomic E-state index is -0.152. The van der Waals surface area contributed by atoms with Crippen molar-refractivity contribution in [1.82, 2.24) is 15.5 Å². The molecule has 78 valence electrons. The van der Waals surface area contributed by atoms with Crippen LogP contribution in [0.5, 0.6) is 0 Å². The molecule has 0 saturated carbocycles. The summed E-state index contributed by atoms with van der Waals surface area (Å²) >= 11 is 0. The number of nitrogens with one attached hydrogen (secondary N) is 2. The van der Waals surface area contributed by atoms with Crippen molar-refractivity contribution in [2.45, 2.75) is 25.4 Å². The Morgan fingerprint density at radius 3 is 2.86 bits per heavy atom. The van der Waals surface area contributed by atoms with Crippen LogP contribution >= 0.6 is 0 Å². The van der Waals surface area contributed by atoms with E-state index in [9.17, 15) is 9.59 Å². The zero-order chi connectivity index (χ0) is 10.1. The highest BCUT2D eigenvalue weighted by atomic mass is 16.2. The van der Waals surface area contributed by atoms with Crippen molar-refractivity contribution < 1.29 is 9.59 Å². The van der Waals surface area contributed by atoms with Gasteiger partial charge in [0.15, 0.2) is 0 Å². The fourth-order valence-electron chi connectivity index (χ4n) is 2.17. The van der Waals surface area contributed by atoms with Gasteiger partial charge in [0, 0.05) is 32.1 Å². The number of nitrogens with zero attached hydrogens (tertiary/aromatic N) is 1. The number of carbonyl (C=O) groups excluding carboxylic acids is 2. The maximum Gasteiger partial charge on any atom is 0.242 e. The molecular formula is C9H15N3O2.